The number of hydrogen-bond donors (Lipinski definition) is 1. The van der Waals surface area contributed by atoms with E-state index < -0.39 is 0 Å². The summed E-state index contributed by atoms with van der Waals surface area (Å²) in [6.07, 6.45) is 7.98. The van der Waals surface area contributed by atoms with E-state index >= 15 is 0 Å². The van der Waals surface area contributed by atoms with Crippen molar-refractivity contribution in [3.63, 3.8) is 0 Å². The van der Waals surface area contributed by atoms with Gasteiger partial charge in [-0.3, -0.25) is 19.1 Å². The average molecular weight is 288 g/mol. The number of carbonyl (C=O) groups excluding carboxylic acids is 1. The molecule has 0 unspecified atom stereocenters. The van der Waals surface area contributed by atoms with Crippen LogP contribution >= 0.6 is 0 Å². The molecule has 0 saturated heterocycles. The first-order chi connectivity index (χ1) is 10.1. The zero-order valence-corrected chi connectivity index (χ0v) is 12.4. The molecule has 21 heavy (non-hydrogen) atoms. The van der Waals surface area contributed by atoms with Crippen molar-refractivity contribution in [2.75, 3.05) is 11.9 Å². The molecule has 2 aromatic rings. The number of carbonyl (C=O) groups is 1. The minimum atomic E-state index is -0.0236. The Labute approximate surface area is 123 Å². The van der Waals surface area contributed by atoms with Crippen LogP contribution in [0.25, 0.3) is 0 Å². The fourth-order valence-corrected chi connectivity index (χ4v) is 2.39. The van der Waals surface area contributed by atoms with Crippen LogP contribution in [0.1, 0.15) is 18.4 Å². The smallest absolute Gasteiger partial charge is 0.239 e. The van der Waals surface area contributed by atoms with Crippen LogP contribution in [0, 0.1) is 0 Å². The molecule has 0 aliphatic heterocycles. The molecule has 0 bridgehead atoms. The molecule has 0 spiro atoms. The second-order valence-corrected chi connectivity index (χ2v) is 5.58. The van der Waals surface area contributed by atoms with Crippen LogP contribution < -0.4 is 5.32 Å². The minimum Gasteiger partial charge on any atom is -0.308 e. The summed E-state index contributed by atoms with van der Waals surface area (Å²) < 4.78 is 3.46. The van der Waals surface area contributed by atoms with Crippen LogP contribution in [0.3, 0.4) is 0 Å². The maximum absolute atomic E-state index is 12.1. The first kappa shape index (κ1) is 13.8. The summed E-state index contributed by atoms with van der Waals surface area (Å²) in [5, 5.41) is 11.2. The van der Waals surface area contributed by atoms with Crippen LogP contribution in [-0.4, -0.2) is 43.0 Å². The molecular formula is C14H20N6O. The van der Waals surface area contributed by atoms with Gasteiger partial charge in [0.25, 0.3) is 0 Å². The van der Waals surface area contributed by atoms with E-state index in [1.54, 1.807) is 15.4 Å². The number of nitrogens with zero attached hydrogens (tertiary/aromatic N) is 5. The lowest BCUT2D eigenvalue weighted by Gasteiger charge is -2.20. The van der Waals surface area contributed by atoms with Crippen LogP contribution in [0.2, 0.25) is 0 Å². The maximum atomic E-state index is 12.1. The molecule has 1 aliphatic carbocycles. The van der Waals surface area contributed by atoms with Crippen LogP contribution in [0.4, 0.5) is 5.82 Å². The largest absolute Gasteiger partial charge is 0.308 e. The Morgan fingerprint density at radius 1 is 1.43 bits per heavy atom. The Bertz CT molecular complexity index is 627. The monoisotopic (exact) mass is 288 g/mol. The second kappa shape index (κ2) is 5.69. The highest BCUT2D eigenvalue weighted by atomic mass is 16.2. The van der Waals surface area contributed by atoms with E-state index in [0.29, 0.717) is 18.4 Å². The molecule has 112 valence electrons. The number of aryl methyl sites for hydroxylation is 2. The highest BCUT2D eigenvalue weighted by molar-refractivity contribution is 5.91. The van der Waals surface area contributed by atoms with Gasteiger partial charge in [-0.2, -0.15) is 10.2 Å². The van der Waals surface area contributed by atoms with Gasteiger partial charge in [0.2, 0.25) is 5.91 Å². The Kier molecular flexibility index (Phi) is 3.74. The molecule has 1 N–H and O–H groups in total. The third-order valence-electron chi connectivity index (χ3n) is 3.54. The van der Waals surface area contributed by atoms with Gasteiger partial charge in [0.1, 0.15) is 0 Å². The molecule has 7 nitrogen and oxygen atoms in total. The molecule has 0 radical (unpaired) electrons. The van der Waals surface area contributed by atoms with E-state index in [2.05, 4.69) is 20.4 Å². The Balaban J connectivity index is 1.58. The summed E-state index contributed by atoms with van der Waals surface area (Å²) in [5.41, 5.74) is 1.13. The van der Waals surface area contributed by atoms with Crippen LogP contribution in [0.5, 0.6) is 0 Å². The Morgan fingerprint density at radius 2 is 2.24 bits per heavy atom. The van der Waals surface area contributed by atoms with Gasteiger partial charge in [-0.25, -0.2) is 0 Å². The molecule has 0 atom stereocenters. The van der Waals surface area contributed by atoms with Gasteiger partial charge >= 0.3 is 0 Å². The van der Waals surface area contributed by atoms with Gasteiger partial charge in [-0.05, 0) is 12.8 Å². The first-order valence-electron chi connectivity index (χ1n) is 7.11. The molecule has 1 fully saturated rings. The predicted molar refractivity (Wildman–Crippen MR) is 78.5 cm³/mol. The molecule has 1 amide bonds. The highest BCUT2D eigenvalue weighted by Crippen LogP contribution is 2.28. The number of hydrogen-bond acceptors (Lipinski definition) is 4. The fourth-order valence-electron chi connectivity index (χ4n) is 2.39. The molecule has 0 aromatic carbocycles. The molecule has 7 heteroatoms. The van der Waals surface area contributed by atoms with E-state index in [0.717, 1.165) is 24.9 Å². The van der Waals surface area contributed by atoms with Gasteiger partial charge < -0.3 is 5.32 Å². The van der Waals surface area contributed by atoms with E-state index in [9.17, 15) is 4.79 Å². The van der Waals surface area contributed by atoms with E-state index in [-0.39, 0.29) is 5.91 Å². The topological polar surface area (TPSA) is 68.0 Å². The van der Waals surface area contributed by atoms with Crippen molar-refractivity contribution < 1.29 is 4.79 Å². The van der Waals surface area contributed by atoms with Gasteiger partial charge in [-0.15, -0.1) is 0 Å². The molecule has 1 saturated carbocycles. The summed E-state index contributed by atoms with van der Waals surface area (Å²) in [4.78, 5) is 14.3. The van der Waals surface area contributed by atoms with Gasteiger partial charge in [0.05, 0.1) is 12.7 Å². The summed E-state index contributed by atoms with van der Waals surface area (Å²) in [5.74, 6) is 0.573. The number of rotatable bonds is 6. The normalized spacial score (nSPS) is 14.6. The Morgan fingerprint density at radius 3 is 2.81 bits per heavy atom. The molecule has 1 aliphatic rings. The second-order valence-electron chi connectivity index (χ2n) is 5.58. The van der Waals surface area contributed by atoms with Crippen molar-refractivity contribution in [3.05, 3.63) is 30.2 Å². The van der Waals surface area contributed by atoms with Crippen molar-refractivity contribution in [1.29, 1.82) is 0 Å². The number of aromatic nitrogens is 4. The van der Waals surface area contributed by atoms with Gasteiger partial charge in [0, 0.05) is 50.7 Å². The number of nitrogens with one attached hydrogen (secondary N) is 1. The van der Waals surface area contributed by atoms with Crippen molar-refractivity contribution in [2.24, 2.45) is 14.1 Å². The highest BCUT2D eigenvalue weighted by Gasteiger charge is 2.30. The zero-order chi connectivity index (χ0) is 14.8. The lowest BCUT2D eigenvalue weighted by atomic mass is 10.3. The Hall–Kier alpha value is -2.15. The van der Waals surface area contributed by atoms with Crippen LogP contribution in [-0.2, 0) is 25.4 Å². The summed E-state index contributed by atoms with van der Waals surface area (Å²) >= 11 is 0. The summed E-state index contributed by atoms with van der Waals surface area (Å²) in [7, 11) is 3.73. The number of amides is 1. The third kappa shape index (κ3) is 3.69. The van der Waals surface area contributed by atoms with E-state index in [1.807, 2.05) is 32.7 Å². The first-order valence-corrected chi connectivity index (χ1v) is 7.11. The van der Waals surface area contributed by atoms with Crippen LogP contribution in [0.15, 0.2) is 24.7 Å². The molecule has 2 aromatic heterocycles. The molecule has 3 rings (SSSR count). The lowest BCUT2D eigenvalue weighted by Crippen LogP contribution is -2.34. The molecule has 2 heterocycles. The fraction of sp³-hybridized carbons (Fsp3) is 0.500. The van der Waals surface area contributed by atoms with E-state index in [1.165, 1.54) is 0 Å². The average Bonchev–Trinajstić information content (AvgIpc) is 3.08. The third-order valence-corrected chi connectivity index (χ3v) is 3.54. The quantitative estimate of drug-likeness (QED) is 0.852. The van der Waals surface area contributed by atoms with Crippen molar-refractivity contribution in [1.82, 2.24) is 24.5 Å². The standard InChI is InChI=1S/C14H20N6O/c1-18-6-5-13(17-18)16-14(21)10-20(12-3-4-12)9-11-7-15-19(2)8-11/h5-8,12H,3-4,9-10H2,1-2H3,(H,16,17,21). The van der Waals surface area contributed by atoms with E-state index in [4.69, 9.17) is 0 Å². The van der Waals surface area contributed by atoms with Crippen molar-refractivity contribution in [2.45, 2.75) is 25.4 Å². The van der Waals surface area contributed by atoms with Crippen molar-refractivity contribution in [3.8, 4) is 0 Å². The van der Waals surface area contributed by atoms with Crippen molar-refractivity contribution >= 4 is 11.7 Å². The summed E-state index contributed by atoms with van der Waals surface area (Å²) in [6.45, 7) is 1.14. The number of anilines is 1. The SMILES string of the molecule is Cn1cc(CN(CC(=O)Nc2ccn(C)n2)C2CC2)cn1. The molecular weight excluding hydrogens is 268 g/mol. The lowest BCUT2D eigenvalue weighted by molar-refractivity contribution is -0.117. The van der Waals surface area contributed by atoms with Gasteiger partial charge in [0.15, 0.2) is 5.82 Å². The van der Waals surface area contributed by atoms with Gasteiger partial charge in [-0.1, -0.05) is 0 Å². The predicted octanol–water partition coefficient (Wildman–Crippen LogP) is 0.757. The minimum absolute atomic E-state index is 0.0236. The zero-order valence-electron chi connectivity index (χ0n) is 12.4. The summed E-state index contributed by atoms with van der Waals surface area (Å²) in [6, 6.07) is 2.31. The maximum Gasteiger partial charge on any atom is 0.239 e.